The number of carbonyl (C=O) groups excluding carboxylic acids is 1. The summed E-state index contributed by atoms with van der Waals surface area (Å²) in [6, 6.07) is 8.11. The maximum Gasteiger partial charge on any atom is 0.225 e. The van der Waals surface area contributed by atoms with Gasteiger partial charge in [0.15, 0.2) is 0 Å². The van der Waals surface area contributed by atoms with Crippen molar-refractivity contribution in [3.8, 4) is 0 Å². The molecule has 6 heteroatoms. The number of amides is 1. The molecule has 1 saturated heterocycles. The van der Waals surface area contributed by atoms with E-state index in [1.165, 1.54) is 12.8 Å². The van der Waals surface area contributed by atoms with E-state index >= 15 is 0 Å². The number of aryl methyl sites for hydroxylation is 1. The first kappa shape index (κ1) is 17.3. The second-order valence-corrected chi connectivity index (χ2v) is 8.09. The molecule has 2 aromatic rings. The highest BCUT2D eigenvalue weighted by atomic mass is 32.2. The molecular formula is C18H23N3OS2. The third kappa shape index (κ3) is 4.74. The summed E-state index contributed by atoms with van der Waals surface area (Å²) >= 11 is 3.44. The minimum absolute atomic E-state index is 0.0867. The number of nitrogens with one attached hydrogen (secondary N) is 1. The van der Waals surface area contributed by atoms with Gasteiger partial charge in [-0.25, -0.2) is 4.98 Å². The number of anilines is 2. The molecule has 0 saturated carbocycles. The Bertz CT molecular complexity index is 680. The van der Waals surface area contributed by atoms with Gasteiger partial charge in [-0.05, 0) is 31.9 Å². The number of carbonyl (C=O) groups is 1. The molecule has 1 fully saturated rings. The van der Waals surface area contributed by atoms with Crippen molar-refractivity contribution in [3.05, 3.63) is 40.3 Å². The van der Waals surface area contributed by atoms with Gasteiger partial charge in [0, 0.05) is 36.4 Å². The van der Waals surface area contributed by atoms with E-state index in [9.17, 15) is 4.79 Å². The van der Waals surface area contributed by atoms with Crippen molar-refractivity contribution < 1.29 is 4.79 Å². The molecule has 1 aliphatic heterocycles. The zero-order valence-corrected chi connectivity index (χ0v) is 15.6. The molecule has 0 aliphatic carbocycles. The van der Waals surface area contributed by atoms with Gasteiger partial charge in [0.05, 0.1) is 22.1 Å². The Morgan fingerprint density at radius 1 is 1.33 bits per heavy atom. The van der Waals surface area contributed by atoms with Crippen molar-refractivity contribution in [2.45, 2.75) is 31.9 Å². The smallest absolute Gasteiger partial charge is 0.225 e. The SMILES string of the molecule is Cc1nc(CSCCC(=O)Nc2ccccc2N2CCCC2)cs1. The molecule has 0 unspecified atom stereocenters. The third-order valence-electron chi connectivity index (χ3n) is 4.01. The number of hydrogen-bond acceptors (Lipinski definition) is 5. The molecule has 0 spiro atoms. The van der Waals surface area contributed by atoms with E-state index in [2.05, 4.69) is 26.6 Å². The Morgan fingerprint density at radius 3 is 2.88 bits per heavy atom. The van der Waals surface area contributed by atoms with Crippen LogP contribution in [0.2, 0.25) is 0 Å². The monoisotopic (exact) mass is 361 g/mol. The van der Waals surface area contributed by atoms with Gasteiger partial charge in [0.25, 0.3) is 0 Å². The number of nitrogens with zero attached hydrogens (tertiary/aromatic N) is 2. The first-order valence-corrected chi connectivity index (χ1v) is 10.4. The first-order chi connectivity index (χ1) is 11.7. The maximum atomic E-state index is 12.2. The average Bonchev–Trinajstić information content (AvgIpc) is 3.24. The molecule has 2 heterocycles. The molecule has 0 radical (unpaired) electrons. The summed E-state index contributed by atoms with van der Waals surface area (Å²) in [6.45, 7) is 4.18. The van der Waals surface area contributed by atoms with Gasteiger partial charge >= 0.3 is 0 Å². The molecule has 1 aromatic carbocycles. The maximum absolute atomic E-state index is 12.2. The van der Waals surface area contributed by atoms with Crippen LogP contribution in [-0.2, 0) is 10.5 Å². The average molecular weight is 362 g/mol. The van der Waals surface area contributed by atoms with Gasteiger partial charge in [-0.1, -0.05) is 12.1 Å². The third-order valence-corrected chi connectivity index (χ3v) is 5.83. The van der Waals surface area contributed by atoms with Crippen LogP contribution in [-0.4, -0.2) is 29.7 Å². The van der Waals surface area contributed by atoms with Crippen LogP contribution in [0.4, 0.5) is 11.4 Å². The lowest BCUT2D eigenvalue weighted by molar-refractivity contribution is -0.115. The normalized spacial score (nSPS) is 14.1. The fourth-order valence-corrected chi connectivity index (χ4v) is 4.39. The molecule has 0 bridgehead atoms. The van der Waals surface area contributed by atoms with Gasteiger partial charge < -0.3 is 10.2 Å². The largest absolute Gasteiger partial charge is 0.370 e. The minimum atomic E-state index is 0.0867. The van der Waals surface area contributed by atoms with Crippen LogP contribution in [0.25, 0.3) is 0 Å². The highest BCUT2D eigenvalue weighted by molar-refractivity contribution is 7.98. The van der Waals surface area contributed by atoms with E-state index in [1.54, 1.807) is 23.1 Å². The summed E-state index contributed by atoms with van der Waals surface area (Å²) in [7, 11) is 0. The predicted octanol–water partition coefficient (Wildman–Crippen LogP) is 4.31. The number of benzene rings is 1. The van der Waals surface area contributed by atoms with Crippen LogP contribution in [0, 0.1) is 6.92 Å². The first-order valence-electron chi connectivity index (χ1n) is 8.35. The van der Waals surface area contributed by atoms with E-state index in [1.807, 2.05) is 25.1 Å². The second kappa shape index (κ2) is 8.53. The molecule has 1 amide bonds. The van der Waals surface area contributed by atoms with Gasteiger partial charge in [-0.3, -0.25) is 4.79 Å². The number of rotatable bonds is 7. The van der Waals surface area contributed by atoms with Crippen molar-refractivity contribution in [2.75, 3.05) is 29.1 Å². The molecule has 128 valence electrons. The summed E-state index contributed by atoms with van der Waals surface area (Å²) in [6.07, 6.45) is 2.99. The van der Waals surface area contributed by atoms with Gasteiger partial charge in [0.1, 0.15) is 0 Å². The van der Waals surface area contributed by atoms with Crippen molar-refractivity contribution in [2.24, 2.45) is 0 Å². The highest BCUT2D eigenvalue weighted by Gasteiger charge is 2.16. The van der Waals surface area contributed by atoms with Crippen molar-refractivity contribution in [1.29, 1.82) is 0 Å². The predicted molar refractivity (Wildman–Crippen MR) is 104 cm³/mol. The molecule has 0 atom stereocenters. The van der Waals surface area contributed by atoms with E-state index < -0.39 is 0 Å². The zero-order chi connectivity index (χ0) is 16.8. The van der Waals surface area contributed by atoms with Gasteiger partial charge in [0.2, 0.25) is 5.91 Å². The van der Waals surface area contributed by atoms with E-state index in [0.717, 1.165) is 46.7 Å². The van der Waals surface area contributed by atoms with Crippen LogP contribution in [0.3, 0.4) is 0 Å². The van der Waals surface area contributed by atoms with Gasteiger partial charge in [-0.2, -0.15) is 11.8 Å². The van der Waals surface area contributed by atoms with Gasteiger partial charge in [-0.15, -0.1) is 11.3 Å². The Kier molecular flexibility index (Phi) is 6.15. The van der Waals surface area contributed by atoms with E-state index in [0.29, 0.717) is 6.42 Å². The fraction of sp³-hybridized carbons (Fsp3) is 0.444. The number of thioether (sulfide) groups is 1. The summed E-state index contributed by atoms with van der Waals surface area (Å²) in [5.41, 5.74) is 3.20. The van der Waals surface area contributed by atoms with E-state index in [4.69, 9.17) is 0 Å². The quantitative estimate of drug-likeness (QED) is 0.746. The van der Waals surface area contributed by atoms with Crippen LogP contribution in [0.1, 0.15) is 30.0 Å². The molecule has 4 nitrogen and oxygen atoms in total. The molecule has 24 heavy (non-hydrogen) atoms. The molecule has 1 aromatic heterocycles. The molecule has 3 rings (SSSR count). The fourth-order valence-electron chi connectivity index (χ4n) is 2.84. The van der Waals surface area contributed by atoms with E-state index in [-0.39, 0.29) is 5.91 Å². The molecular weight excluding hydrogens is 338 g/mol. The van der Waals surface area contributed by atoms with Crippen LogP contribution >= 0.6 is 23.1 Å². The minimum Gasteiger partial charge on any atom is -0.370 e. The topological polar surface area (TPSA) is 45.2 Å². The number of aromatic nitrogens is 1. The summed E-state index contributed by atoms with van der Waals surface area (Å²) in [5, 5.41) is 6.27. The van der Waals surface area contributed by atoms with Crippen LogP contribution < -0.4 is 10.2 Å². The van der Waals surface area contributed by atoms with Crippen LogP contribution in [0.15, 0.2) is 29.6 Å². The number of para-hydroxylation sites is 2. The lowest BCUT2D eigenvalue weighted by Crippen LogP contribution is -2.21. The lowest BCUT2D eigenvalue weighted by atomic mass is 10.2. The Morgan fingerprint density at radius 2 is 2.12 bits per heavy atom. The molecule has 1 N–H and O–H groups in total. The summed E-state index contributed by atoms with van der Waals surface area (Å²) < 4.78 is 0. The Labute approximate surface area is 151 Å². The van der Waals surface area contributed by atoms with Crippen LogP contribution in [0.5, 0.6) is 0 Å². The van der Waals surface area contributed by atoms with Crippen molar-refractivity contribution in [3.63, 3.8) is 0 Å². The second-order valence-electron chi connectivity index (χ2n) is 5.92. The zero-order valence-electron chi connectivity index (χ0n) is 14.0. The molecule has 1 aliphatic rings. The Hall–Kier alpha value is -1.53. The standard InChI is InChI=1S/C18H23N3OS2/c1-14-19-15(13-24-14)12-23-11-8-18(22)20-16-6-2-3-7-17(16)21-9-4-5-10-21/h2-3,6-7,13H,4-5,8-12H2,1H3,(H,20,22). The number of thiazole rings is 1. The number of hydrogen-bond donors (Lipinski definition) is 1. The van der Waals surface area contributed by atoms with Crippen molar-refractivity contribution >= 4 is 40.4 Å². The summed E-state index contributed by atoms with van der Waals surface area (Å²) in [5.74, 6) is 1.78. The van der Waals surface area contributed by atoms with Crippen molar-refractivity contribution in [1.82, 2.24) is 4.98 Å². The Balaban J connectivity index is 1.46. The lowest BCUT2D eigenvalue weighted by Gasteiger charge is -2.21. The highest BCUT2D eigenvalue weighted by Crippen LogP contribution is 2.28. The summed E-state index contributed by atoms with van der Waals surface area (Å²) in [4.78, 5) is 19.0.